The smallest absolute Gasteiger partial charge is 0.335 e. The summed E-state index contributed by atoms with van der Waals surface area (Å²) in [6, 6.07) is 14.2. The summed E-state index contributed by atoms with van der Waals surface area (Å²) in [7, 11) is 1.49. The zero-order chi connectivity index (χ0) is 22.1. The maximum atomic E-state index is 13.0. The SMILES string of the molecule is COc1ccc(N2C(=O)NC(=O)C(=CC3C(=O)N(c4ccccc4)N=C3C)C2=O)cc1. The first-order valence-electron chi connectivity index (χ1n) is 9.40. The Bertz CT molecular complexity index is 1140. The Hall–Kier alpha value is -4.27. The van der Waals surface area contributed by atoms with Crippen molar-refractivity contribution in [2.24, 2.45) is 11.0 Å². The number of ether oxygens (including phenoxy) is 1. The fourth-order valence-corrected chi connectivity index (χ4v) is 3.34. The van der Waals surface area contributed by atoms with Crippen molar-refractivity contribution in [2.75, 3.05) is 17.0 Å². The minimum atomic E-state index is -0.907. The molecule has 0 spiro atoms. The quantitative estimate of drug-likeness (QED) is 0.605. The fraction of sp³-hybridized carbons (Fsp3) is 0.136. The fourth-order valence-electron chi connectivity index (χ4n) is 3.34. The summed E-state index contributed by atoms with van der Waals surface area (Å²) in [6.07, 6.45) is 1.25. The molecule has 156 valence electrons. The first kappa shape index (κ1) is 20.0. The topological polar surface area (TPSA) is 108 Å². The van der Waals surface area contributed by atoms with Crippen molar-refractivity contribution in [1.82, 2.24) is 5.32 Å². The highest BCUT2D eigenvalue weighted by atomic mass is 16.5. The van der Waals surface area contributed by atoms with Crippen LogP contribution in [0.4, 0.5) is 16.2 Å². The van der Waals surface area contributed by atoms with E-state index < -0.39 is 29.7 Å². The van der Waals surface area contributed by atoms with Crippen LogP contribution in [0.3, 0.4) is 0 Å². The minimum Gasteiger partial charge on any atom is -0.497 e. The molecule has 2 aromatic rings. The van der Waals surface area contributed by atoms with Crippen molar-refractivity contribution >= 4 is 40.8 Å². The number of rotatable bonds is 4. The van der Waals surface area contributed by atoms with Crippen LogP contribution in [-0.4, -0.2) is 36.6 Å². The van der Waals surface area contributed by atoms with E-state index in [2.05, 4.69) is 10.4 Å². The molecule has 0 aliphatic carbocycles. The molecule has 1 N–H and O–H groups in total. The number of methoxy groups -OCH3 is 1. The molecule has 2 heterocycles. The van der Waals surface area contributed by atoms with E-state index in [0.29, 0.717) is 17.1 Å². The third-order valence-corrected chi connectivity index (χ3v) is 4.95. The van der Waals surface area contributed by atoms with Gasteiger partial charge in [0.15, 0.2) is 0 Å². The Morgan fingerprint density at radius 1 is 0.968 bits per heavy atom. The van der Waals surface area contributed by atoms with Gasteiger partial charge >= 0.3 is 6.03 Å². The second-order valence-corrected chi connectivity index (χ2v) is 6.88. The maximum Gasteiger partial charge on any atom is 0.335 e. The number of anilines is 2. The van der Waals surface area contributed by atoms with Crippen LogP contribution < -0.4 is 20.0 Å². The summed E-state index contributed by atoms with van der Waals surface area (Å²) >= 11 is 0. The van der Waals surface area contributed by atoms with Crippen LogP contribution in [0.15, 0.2) is 71.3 Å². The number of carbonyl (C=O) groups is 4. The van der Waals surface area contributed by atoms with Gasteiger partial charge in [-0.25, -0.2) is 9.69 Å². The van der Waals surface area contributed by atoms with E-state index in [9.17, 15) is 19.2 Å². The van der Waals surface area contributed by atoms with Crippen LogP contribution in [0.5, 0.6) is 5.75 Å². The number of benzene rings is 2. The Kier molecular flexibility index (Phi) is 5.08. The molecule has 1 saturated heterocycles. The normalized spacial score (nSPS) is 20.3. The van der Waals surface area contributed by atoms with E-state index in [0.717, 1.165) is 4.90 Å². The van der Waals surface area contributed by atoms with E-state index in [1.54, 1.807) is 43.3 Å². The third-order valence-electron chi connectivity index (χ3n) is 4.95. The molecule has 2 aromatic carbocycles. The third kappa shape index (κ3) is 3.57. The first-order valence-corrected chi connectivity index (χ1v) is 9.40. The van der Waals surface area contributed by atoms with Crippen LogP contribution >= 0.6 is 0 Å². The van der Waals surface area contributed by atoms with Crippen LogP contribution in [0.2, 0.25) is 0 Å². The second-order valence-electron chi connectivity index (χ2n) is 6.88. The lowest BCUT2D eigenvalue weighted by molar-refractivity contribution is -0.122. The Labute approximate surface area is 177 Å². The van der Waals surface area contributed by atoms with Gasteiger partial charge in [-0.2, -0.15) is 10.1 Å². The zero-order valence-electron chi connectivity index (χ0n) is 16.7. The number of carbonyl (C=O) groups excluding carboxylic acids is 4. The van der Waals surface area contributed by atoms with Crippen LogP contribution in [0.1, 0.15) is 6.92 Å². The van der Waals surface area contributed by atoms with Crippen LogP contribution in [0, 0.1) is 5.92 Å². The molecule has 1 fully saturated rings. The maximum absolute atomic E-state index is 13.0. The van der Waals surface area contributed by atoms with Crippen LogP contribution in [0.25, 0.3) is 0 Å². The van der Waals surface area contributed by atoms with Gasteiger partial charge in [0.05, 0.1) is 30.1 Å². The Balaban J connectivity index is 1.65. The number of urea groups is 1. The summed E-state index contributed by atoms with van der Waals surface area (Å²) < 4.78 is 5.08. The number of barbiturate groups is 1. The van der Waals surface area contributed by atoms with Gasteiger partial charge in [-0.3, -0.25) is 19.7 Å². The lowest BCUT2D eigenvalue weighted by Gasteiger charge is -2.26. The van der Waals surface area contributed by atoms with Gasteiger partial charge in [0.2, 0.25) is 0 Å². The first-order chi connectivity index (χ1) is 14.9. The summed E-state index contributed by atoms with van der Waals surface area (Å²) in [5.74, 6) is -2.44. The van der Waals surface area contributed by atoms with Crippen molar-refractivity contribution in [3.63, 3.8) is 0 Å². The second kappa shape index (κ2) is 7.86. The molecule has 4 rings (SSSR count). The standard InChI is InChI=1S/C22H18N4O5/c1-13-17(21(29)26(24-13)15-6-4-3-5-7-15)12-18-19(27)23-22(30)25(20(18)28)14-8-10-16(31-2)11-9-14/h3-12,17H,1-2H3,(H,23,27,30). The van der Waals surface area contributed by atoms with Gasteiger partial charge in [0.25, 0.3) is 17.7 Å². The molecule has 0 saturated carbocycles. The zero-order valence-corrected chi connectivity index (χ0v) is 16.7. The Morgan fingerprint density at radius 3 is 2.29 bits per heavy atom. The highest BCUT2D eigenvalue weighted by Gasteiger charge is 2.40. The highest BCUT2D eigenvalue weighted by Crippen LogP contribution is 2.27. The molecular weight excluding hydrogens is 400 g/mol. The number of nitrogens with one attached hydrogen (secondary N) is 1. The van der Waals surface area contributed by atoms with Crippen molar-refractivity contribution in [3.8, 4) is 5.75 Å². The number of hydrazone groups is 1. The molecule has 9 nitrogen and oxygen atoms in total. The number of para-hydroxylation sites is 1. The van der Waals surface area contributed by atoms with Gasteiger partial charge in [0.1, 0.15) is 11.3 Å². The van der Waals surface area contributed by atoms with Crippen LogP contribution in [-0.2, 0) is 14.4 Å². The lowest BCUT2D eigenvalue weighted by atomic mass is 9.98. The van der Waals surface area contributed by atoms with E-state index in [1.807, 2.05) is 6.07 Å². The summed E-state index contributed by atoms with van der Waals surface area (Å²) in [5.41, 5.74) is 0.950. The Morgan fingerprint density at radius 2 is 1.65 bits per heavy atom. The molecular formula is C22H18N4O5. The molecule has 2 aliphatic heterocycles. The molecule has 0 aromatic heterocycles. The molecule has 1 atom stereocenters. The number of hydrogen-bond donors (Lipinski definition) is 1. The van der Waals surface area contributed by atoms with Gasteiger partial charge in [-0.1, -0.05) is 18.2 Å². The predicted octanol–water partition coefficient (Wildman–Crippen LogP) is 2.24. The van der Waals surface area contributed by atoms with Crippen molar-refractivity contribution < 1.29 is 23.9 Å². The predicted molar refractivity (Wildman–Crippen MR) is 113 cm³/mol. The van der Waals surface area contributed by atoms with Gasteiger partial charge in [-0.05, 0) is 49.4 Å². The van der Waals surface area contributed by atoms with Gasteiger partial charge in [0, 0.05) is 0 Å². The molecule has 2 aliphatic rings. The van der Waals surface area contributed by atoms with E-state index >= 15 is 0 Å². The summed E-state index contributed by atoms with van der Waals surface area (Å²) in [4.78, 5) is 51.5. The van der Waals surface area contributed by atoms with Crippen molar-refractivity contribution in [3.05, 3.63) is 66.2 Å². The van der Waals surface area contributed by atoms with Crippen molar-refractivity contribution in [1.29, 1.82) is 0 Å². The number of hydrogen-bond acceptors (Lipinski definition) is 6. The molecule has 0 bridgehead atoms. The molecule has 31 heavy (non-hydrogen) atoms. The molecule has 5 amide bonds. The van der Waals surface area contributed by atoms with E-state index in [-0.39, 0.29) is 11.3 Å². The number of amides is 5. The van der Waals surface area contributed by atoms with E-state index in [1.165, 1.54) is 30.3 Å². The number of imide groups is 2. The molecule has 9 heteroatoms. The molecule has 1 unspecified atom stereocenters. The van der Waals surface area contributed by atoms with Gasteiger partial charge in [-0.15, -0.1) is 0 Å². The lowest BCUT2D eigenvalue weighted by Crippen LogP contribution is -2.54. The largest absolute Gasteiger partial charge is 0.497 e. The van der Waals surface area contributed by atoms with Gasteiger partial charge < -0.3 is 4.74 Å². The molecule has 0 radical (unpaired) electrons. The summed E-state index contributed by atoms with van der Waals surface area (Å²) in [6.45, 7) is 1.64. The van der Waals surface area contributed by atoms with Crippen molar-refractivity contribution in [2.45, 2.75) is 6.92 Å². The minimum absolute atomic E-state index is 0.260. The average molecular weight is 418 g/mol. The number of nitrogens with zero attached hydrogens (tertiary/aromatic N) is 3. The highest BCUT2D eigenvalue weighted by molar-refractivity contribution is 6.38. The summed E-state index contributed by atoms with van der Waals surface area (Å²) in [5, 5.41) is 7.64. The van der Waals surface area contributed by atoms with E-state index in [4.69, 9.17) is 4.74 Å². The monoisotopic (exact) mass is 418 g/mol. The average Bonchev–Trinajstić information content (AvgIpc) is 3.05.